The van der Waals surface area contributed by atoms with Crippen LogP contribution in [0.25, 0.3) is 10.8 Å². The van der Waals surface area contributed by atoms with Crippen molar-refractivity contribution in [2.45, 2.75) is 44.9 Å². The Balaban J connectivity index is 1.35. The number of hydrogen-bond donors (Lipinski definition) is 0. The van der Waals surface area contributed by atoms with Crippen molar-refractivity contribution >= 4 is 10.8 Å². The van der Waals surface area contributed by atoms with Gasteiger partial charge in [-0.05, 0) is 84.4 Å². The maximum atomic E-state index is 15.2. The highest BCUT2D eigenvalue weighted by atomic mass is 19.4. The van der Waals surface area contributed by atoms with Gasteiger partial charge in [0.2, 0.25) is 0 Å². The summed E-state index contributed by atoms with van der Waals surface area (Å²) in [4.78, 5) is 4.57. The Hall–Kier alpha value is -3.45. The van der Waals surface area contributed by atoms with Crippen molar-refractivity contribution in [1.82, 2.24) is 4.98 Å². The molecule has 7 heteroatoms. The van der Waals surface area contributed by atoms with Crippen molar-refractivity contribution in [3.8, 4) is 5.75 Å². The van der Waals surface area contributed by atoms with E-state index in [9.17, 15) is 13.2 Å². The molecule has 37 heavy (non-hydrogen) atoms. The Bertz CT molecular complexity index is 1300. The number of ether oxygens (including phenoxy) is 2. The molecule has 0 aliphatic heterocycles. The molecule has 0 aliphatic rings. The van der Waals surface area contributed by atoms with E-state index >= 15 is 4.39 Å². The molecule has 3 nitrogen and oxygen atoms in total. The van der Waals surface area contributed by atoms with Gasteiger partial charge < -0.3 is 9.47 Å². The second-order valence-corrected chi connectivity index (χ2v) is 9.04. The number of alkyl halides is 3. The van der Waals surface area contributed by atoms with Crippen LogP contribution in [-0.2, 0) is 36.8 Å². The van der Waals surface area contributed by atoms with Crippen molar-refractivity contribution in [3.63, 3.8) is 0 Å². The molecule has 0 aliphatic carbocycles. The van der Waals surface area contributed by atoms with Gasteiger partial charge in [0.1, 0.15) is 11.6 Å². The van der Waals surface area contributed by atoms with Crippen LogP contribution in [0.2, 0.25) is 0 Å². The molecule has 4 rings (SSSR count). The molecule has 1 heterocycles. The third kappa shape index (κ3) is 7.76. The number of aromatic nitrogens is 1. The van der Waals surface area contributed by atoms with Gasteiger partial charge in [0.05, 0.1) is 0 Å². The molecular formula is C30H29F4NO2. The van der Waals surface area contributed by atoms with Crippen molar-refractivity contribution in [2.75, 3.05) is 13.7 Å². The molecular weight excluding hydrogens is 482 g/mol. The Kier molecular flexibility index (Phi) is 8.77. The van der Waals surface area contributed by atoms with Crippen LogP contribution in [0.3, 0.4) is 0 Å². The third-order valence-corrected chi connectivity index (χ3v) is 6.31. The summed E-state index contributed by atoms with van der Waals surface area (Å²) >= 11 is 0. The van der Waals surface area contributed by atoms with Crippen LogP contribution in [0.1, 0.15) is 34.4 Å². The van der Waals surface area contributed by atoms with E-state index in [0.29, 0.717) is 23.8 Å². The predicted molar refractivity (Wildman–Crippen MR) is 136 cm³/mol. The first-order chi connectivity index (χ1) is 17.8. The van der Waals surface area contributed by atoms with Gasteiger partial charge in [0, 0.05) is 31.0 Å². The van der Waals surface area contributed by atoms with Crippen molar-refractivity contribution in [2.24, 2.45) is 0 Å². The van der Waals surface area contributed by atoms with Crippen LogP contribution < -0.4 is 4.74 Å². The number of hydrogen-bond acceptors (Lipinski definition) is 3. The minimum Gasteiger partial charge on any atom is -0.406 e. The van der Waals surface area contributed by atoms with Gasteiger partial charge in [0.15, 0.2) is 0 Å². The van der Waals surface area contributed by atoms with E-state index in [-0.39, 0.29) is 11.6 Å². The summed E-state index contributed by atoms with van der Waals surface area (Å²) in [7, 11) is 1.70. The van der Waals surface area contributed by atoms with Gasteiger partial charge in [0.25, 0.3) is 0 Å². The summed E-state index contributed by atoms with van der Waals surface area (Å²) in [5.41, 5.74) is 4.72. The van der Waals surface area contributed by atoms with E-state index in [2.05, 4.69) is 21.9 Å². The molecule has 0 amide bonds. The molecule has 194 valence electrons. The Labute approximate surface area is 214 Å². The first kappa shape index (κ1) is 26.6. The molecule has 0 bridgehead atoms. The van der Waals surface area contributed by atoms with Gasteiger partial charge in [-0.2, -0.15) is 0 Å². The fourth-order valence-electron chi connectivity index (χ4n) is 4.32. The average Bonchev–Trinajstić information content (AvgIpc) is 2.88. The van der Waals surface area contributed by atoms with Crippen molar-refractivity contribution in [1.29, 1.82) is 0 Å². The molecule has 0 spiro atoms. The van der Waals surface area contributed by atoms with Crippen LogP contribution in [0.4, 0.5) is 17.6 Å². The predicted octanol–water partition coefficient (Wildman–Crippen LogP) is 7.42. The molecule has 4 aromatic rings. The number of methoxy groups -OCH3 is 1. The molecule has 0 saturated heterocycles. The zero-order valence-electron chi connectivity index (χ0n) is 20.7. The molecule has 0 radical (unpaired) electrons. The second kappa shape index (κ2) is 12.2. The van der Waals surface area contributed by atoms with E-state index in [4.69, 9.17) is 4.74 Å². The molecule has 0 N–H and O–H groups in total. The van der Waals surface area contributed by atoms with E-state index < -0.39 is 6.36 Å². The zero-order valence-corrected chi connectivity index (χ0v) is 20.7. The van der Waals surface area contributed by atoms with Crippen molar-refractivity contribution < 1.29 is 27.0 Å². The highest BCUT2D eigenvalue weighted by molar-refractivity contribution is 5.84. The van der Waals surface area contributed by atoms with Crippen LogP contribution in [0, 0.1) is 5.82 Å². The van der Waals surface area contributed by atoms with Gasteiger partial charge >= 0.3 is 6.36 Å². The zero-order chi connectivity index (χ0) is 26.3. The first-order valence-electron chi connectivity index (χ1n) is 12.3. The van der Waals surface area contributed by atoms with Gasteiger partial charge in [-0.3, -0.25) is 4.98 Å². The topological polar surface area (TPSA) is 31.4 Å². The largest absolute Gasteiger partial charge is 0.573 e. The van der Waals surface area contributed by atoms with Crippen LogP contribution in [0.15, 0.2) is 72.9 Å². The SMILES string of the molecule is COCCCc1ccc(CCc2ccc3c(F)c(CCc4ccc(OC(F)(F)F)cc4)ccc3c2)nc1. The number of rotatable bonds is 11. The lowest BCUT2D eigenvalue weighted by Gasteiger charge is -2.10. The fourth-order valence-corrected chi connectivity index (χ4v) is 4.32. The maximum absolute atomic E-state index is 15.2. The summed E-state index contributed by atoms with van der Waals surface area (Å²) in [5, 5.41) is 1.41. The number of nitrogens with zero attached hydrogens (tertiary/aromatic N) is 1. The van der Waals surface area contributed by atoms with E-state index in [1.807, 2.05) is 30.5 Å². The van der Waals surface area contributed by atoms with Crippen molar-refractivity contribution in [3.05, 3.63) is 107 Å². The lowest BCUT2D eigenvalue weighted by molar-refractivity contribution is -0.274. The minimum absolute atomic E-state index is 0.258. The quantitative estimate of drug-likeness (QED) is 0.155. The van der Waals surface area contributed by atoms with Gasteiger partial charge in [-0.25, -0.2) is 4.39 Å². The fraction of sp³-hybridized carbons (Fsp3) is 0.300. The van der Waals surface area contributed by atoms with Gasteiger partial charge in [-0.15, -0.1) is 13.2 Å². The third-order valence-electron chi connectivity index (χ3n) is 6.31. The number of benzene rings is 3. The molecule has 3 aromatic carbocycles. The summed E-state index contributed by atoms with van der Waals surface area (Å²) in [6.07, 6.45) is 1.68. The number of halogens is 4. The first-order valence-corrected chi connectivity index (χ1v) is 12.3. The number of fused-ring (bicyclic) bond motifs is 1. The van der Waals surface area contributed by atoms with Crippen LogP contribution in [0.5, 0.6) is 5.75 Å². The van der Waals surface area contributed by atoms with Crippen LogP contribution >= 0.6 is 0 Å². The van der Waals surface area contributed by atoms with E-state index in [0.717, 1.165) is 54.5 Å². The molecule has 0 fully saturated rings. The monoisotopic (exact) mass is 511 g/mol. The average molecular weight is 512 g/mol. The Morgan fingerprint density at radius 2 is 1.49 bits per heavy atom. The Morgan fingerprint density at radius 3 is 2.19 bits per heavy atom. The second-order valence-electron chi connectivity index (χ2n) is 9.04. The van der Waals surface area contributed by atoms with Gasteiger partial charge in [-0.1, -0.05) is 48.5 Å². The number of aryl methyl sites for hydroxylation is 5. The molecule has 1 aromatic heterocycles. The lowest BCUT2D eigenvalue weighted by Crippen LogP contribution is -2.17. The van der Waals surface area contributed by atoms with E-state index in [1.54, 1.807) is 25.3 Å². The van der Waals surface area contributed by atoms with E-state index in [1.165, 1.54) is 17.7 Å². The van der Waals surface area contributed by atoms with Crippen LogP contribution in [-0.4, -0.2) is 25.1 Å². The highest BCUT2D eigenvalue weighted by Crippen LogP contribution is 2.26. The maximum Gasteiger partial charge on any atom is 0.573 e. The highest BCUT2D eigenvalue weighted by Gasteiger charge is 2.30. The summed E-state index contributed by atoms with van der Waals surface area (Å²) < 4.78 is 61.1. The molecule has 0 unspecified atom stereocenters. The summed E-state index contributed by atoms with van der Waals surface area (Å²) in [6.45, 7) is 0.740. The summed E-state index contributed by atoms with van der Waals surface area (Å²) in [5.74, 6) is -0.526. The summed E-state index contributed by atoms with van der Waals surface area (Å²) in [6, 6.07) is 19.3. The smallest absolute Gasteiger partial charge is 0.406 e. The number of pyridine rings is 1. The molecule has 0 saturated carbocycles. The normalized spacial score (nSPS) is 11.7. The Morgan fingerprint density at radius 1 is 0.757 bits per heavy atom. The minimum atomic E-state index is -4.72. The standard InChI is InChI=1S/C30H29F4NO2/c1-36-18-2-3-23-6-14-26(35-20-23)13-5-22-9-17-28-25(19-22)12-11-24(29(28)31)10-4-21-7-15-27(16-8-21)37-30(32,33)34/h6-9,11-12,14-17,19-20H,2-5,10,13,18H2,1H3. The lowest BCUT2D eigenvalue weighted by atomic mass is 9.98. The molecule has 0 atom stereocenters.